The number of non-ortho nitro benzene ring substituents is 1. The first kappa shape index (κ1) is 17.3. The van der Waals surface area contributed by atoms with E-state index in [0.717, 1.165) is 36.4 Å². The van der Waals surface area contributed by atoms with Crippen LogP contribution in [0.15, 0.2) is 53.4 Å². The monoisotopic (exact) mass is 354 g/mol. The number of sulfonamides is 1. The Bertz CT molecular complexity index is 882. The molecule has 0 aromatic heterocycles. The molecule has 126 valence electrons. The van der Waals surface area contributed by atoms with Crippen molar-refractivity contribution in [3.05, 3.63) is 64.5 Å². The smallest absolute Gasteiger partial charge is 0.324 e. The highest BCUT2D eigenvalue weighted by molar-refractivity contribution is 7.92. The van der Waals surface area contributed by atoms with Gasteiger partial charge in [-0.15, -0.1) is 0 Å². The van der Waals surface area contributed by atoms with Gasteiger partial charge in [0.15, 0.2) is 0 Å². The lowest BCUT2D eigenvalue weighted by atomic mass is 10.3. The summed E-state index contributed by atoms with van der Waals surface area (Å²) in [4.78, 5) is 20.6. The van der Waals surface area contributed by atoms with Gasteiger partial charge in [0, 0.05) is 12.1 Å². The van der Waals surface area contributed by atoms with E-state index in [1.54, 1.807) is 0 Å². The number of halogens is 1. The van der Waals surface area contributed by atoms with Crippen LogP contribution in [0.3, 0.4) is 0 Å². The van der Waals surface area contributed by atoms with Crippen molar-refractivity contribution in [1.82, 2.24) is 0 Å². The van der Waals surface area contributed by atoms with E-state index in [0.29, 0.717) is 4.31 Å². The molecule has 0 radical (unpaired) electrons. The maximum absolute atomic E-state index is 13.4. The molecule has 8 nitrogen and oxygen atoms in total. The first-order valence-corrected chi connectivity index (χ1v) is 7.90. The summed E-state index contributed by atoms with van der Waals surface area (Å²) in [6, 6.07) is 8.39. The Morgan fingerprint density at radius 2 is 1.83 bits per heavy atom. The van der Waals surface area contributed by atoms with Gasteiger partial charge in [0.05, 0.1) is 15.5 Å². The van der Waals surface area contributed by atoms with Gasteiger partial charge in [-0.05, 0) is 30.3 Å². The average Bonchev–Trinajstić information content (AvgIpc) is 2.52. The second-order valence-electron chi connectivity index (χ2n) is 4.64. The molecule has 0 spiro atoms. The normalized spacial score (nSPS) is 11.0. The van der Waals surface area contributed by atoms with Crippen molar-refractivity contribution in [2.24, 2.45) is 0 Å². The number of carboxylic acids is 1. The predicted octanol–water partition coefficient (Wildman–Crippen LogP) is 2.01. The molecule has 2 aromatic rings. The molecular weight excluding hydrogens is 343 g/mol. The van der Waals surface area contributed by atoms with Crippen LogP contribution in [0.1, 0.15) is 0 Å². The first-order chi connectivity index (χ1) is 11.2. The number of nitro benzene ring substituents is 1. The van der Waals surface area contributed by atoms with Gasteiger partial charge in [0.2, 0.25) is 0 Å². The number of benzene rings is 2. The molecule has 0 amide bonds. The number of nitro groups is 1. The molecular formula is C14H11FN2O6S. The van der Waals surface area contributed by atoms with Crippen LogP contribution in [-0.2, 0) is 14.8 Å². The van der Waals surface area contributed by atoms with Crippen molar-refractivity contribution >= 4 is 27.4 Å². The number of hydrogen-bond donors (Lipinski definition) is 1. The number of aliphatic carboxylic acids is 1. The molecule has 2 rings (SSSR count). The van der Waals surface area contributed by atoms with Gasteiger partial charge in [-0.25, -0.2) is 12.8 Å². The molecule has 0 saturated heterocycles. The fraction of sp³-hybridized carbons (Fsp3) is 0.0714. The van der Waals surface area contributed by atoms with E-state index in [1.807, 2.05) is 0 Å². The minimum atomic E-state index is -4.35. The Hall–Kier alpha value is -3.01. The van der Waals surface area contributed by atoms with Crippen LogP contribution in [0.5, 0.6) is 0 Å². The van der Waals surface area contributed by atoms with Gasteiger partial charge in [0.25, 0.3) is 15.7 Å². The molecule has 10 heteroatoms. The number of hydrogen-bond acceptors (Lipinski definition) is 5. The van der Waals surface area contributed by atoms with Crippen molar-refractivity contribution in [1.29, 1.82) is 0 Å². The highest BCUT2D eigenvalue weighted by Gasteiger charge is 2.27. The Morgan fingerprint density at radius 1 is 1.21 bits per heavy atom. The van der Waals surface area contributed by atoms with Crippen LogP contribution in [0, 0.1) is 15.9 Å². The van der Waals surface area contributed by atoms with Crippen LogP contribution in [0.4, 0.5) is 15.8 Å². The van der Waals surface area contributed by atoms with Crippen LogP contribution < -0.4 is 4.31 Å². The molecule has 0 unspecified atom stereocenters. The average molecular weight is 354 g/mol. The lowest BCUT2D eigenvalue weighted by Gasteiger charge is -2.22. The minimum Gasteiger partial charge on any atom is -0.480 e. The van der Waals surface area contributed by atoms with Crippen molar-refractivity contribution in [2.75, 3.05) is 10.8 Å². The summed E-state index contributed by atoms with van der Waals surface area (Å²) in [6.45, 7) is -0.928. The number of rotatable bonds is 6. The number of carboxylic acid groups (broad SMARTS) is 1. The lowest BCUT2D eigenvalue weighted by Crippen LogP contribution is -2.35. The third-order valence-corrected chi connectivity index (χ3v) is 4.80. The number of carbonyl (C=O) groups is 1. The fourth-order valence-electron chi connectivity index (χ4n) is 1.94. The van der Waals surface area contributed by atoms with Gasteiger partial charge >= 0.3 is 5.97 Å². The third kappa shape index (κ3) is 3.66. The highest BCUT2D eigenvalue weighted by atomic mass is 32.2. The Kier molecular flexibility index (Phi) is 4.79. The van der Waals surface area contributed by atoms with Gasteiger partial charge in [0.1, 0.15) is 12.4 Å². The predicted molar refractivity (Wildman–Crippen MR) is 81.7 cm³/mol. The molecule has 0 saturated carbocycles. The summed E-state index contributed by atoms with van der Waals surface area (Å²) >= 11 is 0. The molecule has 0 aliphatic heterocycles. The summed E-state index contributed by atoms with van der Waals surface area (Å²) < 4.78 is 39.1. The van der Waals surface area contributed by atoms with Crippen molar-refractivity contribution in [2.45, 2.75) is 4.90 Å². The quantitative estimate of drug-likeness (QED) is 0.626. The maximum Gasteiger partial charge on any atom is 0.324 e. The maximum atomic E-state index is 13.4. The van der Waals surface area contributed by atoms with E-state index < -0.39 is 33.3 Å². The first-order valence-electron chi connectivity index (χ1n) is 6.46. The van der Waals surface area contributed by atoms with E-state index in [-0.39, 0.29) is 16.3 Å². The molecule has 24 heavy (non-hydrogen) atoms. The summed E-state index contributed by atoms with van der Waals surface area (Å²) in [5.41, 5.74) is -0.486. The largest absolute Gasteiger partial charge is 0.480 e. The van der Waals surface area contributed by atoms with Crippen molar-refractivity contribution < 1.29 is 27.6 Å². The van der Waals surface area contributed by atoms with E-state index in [1.165, 1.54) is 12.1 Å². The van der Waals surface area contributed by atoms with Crippen LogP contribution in [0.25, 0.3) is 0 Å². The molecule has 0 fully saturated rings. The molecule has 0 atom stereocenters. The summed E-state index contributed by atoms with van der Waals surface area (Å²) in [7, 11) is -4.35. The number of nitrogens with zero attached hydrogens (tertiary/aromatic N) is 2. The van der Waals surface area contributed by atoms with E-state index in [9.17, 15) is 27.7 Å². The molecule has 0 heterocycles. The molecule has 2 aromatic carbocycles. The summed E-state index contributed by atoms with van der Waals surface area (Å²) in [6.07, 6.45) is 0. The highest BCUT2D eigenvalue weighted by Crippen LogP contribution is 2.25. The topological polar surface area (TPSA) is 118 Å². The van der Waals surface area contributed by atoms with Crippen LogP contribution in [-0.4, -0.2) is 31.0 Å². The standard InChI is InChI=1S/C14H11FN2O6S/c15-10-2-1-3-12(8-10)16(9-14(18)19)24(22,23)13-6-4-11(5-7-13)17(20)21/h1-8H,9H2,(H,18,19). The number of anilines is 1. The lowest BCUT2D eigenvalue weighted by molar-refractivity contribution is -0.384. The second kappa shape index (κ2) is 6.62. The van der Waals surface area contributed by atoms with E-state index in [2.05, 4.69) is 0 Å². The summed E-state index contributed by atoms with van der Waals surface area (Å²) in [5, 5.41) is 19.6. The SMILES string of the molecule is O=C(O)CN(c1cccc(F)c1)S(=O)(=O)c1ccc([N+](=O)[O-])cc1. The van der Waals surface area contributed by atoms with Crippen LogP contribution in [0.2, 0.25) is 0 Å². The van der Waals surface area contributed by atoms with Gasteiger partial charge in [-0.2, -0.15) is 0 Å². The zero-order chi connectivity index (χ0) is 17.9. The summed E-state index contributed by atoms with van der Waals surface area (Å²) in [5.74, 6) is -2.17. The van der Waals surface area contributed by atoms with E-state index >= 15 is 0 Å². The van der Waals surface area contributed by atoms with Gasteiger partial charge in [-0.1, -0.05) is 6.07 Å². The second-order valence-corrected chi connectivity index (χ2v) is 6.50. The minimum absolute atomic E-state index is 0.171. The van der Waals surface area contributed by atoms with Crippen LogP contribution >= 0.6 is 0 Å². The van der Waals surface area contributed by atoms with E-state index in [4.69, 9.17) is 5.11 Å². The fourth-order valence-corrected chi connectivity index (χ4v) is 3.34. The molecule has 0 aliphatic rings. The molecule has 0 aliphatic carbocycles. The third-order valence-electron chi connectivity index (χ3n) is 3.01. The van der Waals surface area contributed by atoms with Crippen molar-refractivity contribution in [3.8, 4) is 0 Å². The molecule has 0 bridgehead atoms. The van der Waals surface area contributed by atoms with Gasteiger partial charge < -0.3 is 5.11 Å². The Balaban J connectivity index is 2.51. The Morgan fingerprint density at radius 3 is 2.33 bits per heavy atom. The van der Waals surface area contributed by atoms with Gasteiger partial charge in [-0.3, -0.25) is 19.2 Å². The van der Waals surface area contributed by atoms with Crippen molar-refractivity contribution in [3.63, 3.8) is 0 Å². The zero-order valence-electron chi connectivity index (χ0n) is 12.0. The molecule has 1 N–H and O–H groups in total. The Labute approximate surface area is 136 Å². The zero-order valence-corrected chi connectivity index (χ0v) is 12.8.